The van der Waals surface area contributed by atoms with Crippen LogP contribution in [0.4, 0.5) is 4.39 Å². The summed E-state index contributed by atoms with van der Waals surface area (Å²) < 4.78 is 24.3. The van der Waals surface area contributed by atoms with Crippen molar-refractivity contribution < 1.29 is 13.9 Å². The van der Waals surface area contributed by atoms with Gasteiger partial charge in [0.15, 0.2) is 0 Å². The Kier molecular flexibility index (Phi) is 6.05. The van der Waals surface area contributed by atoms with Crippen LogP contribution in [0.25, 0.3) is 0 Å². The van der Waals surface area contributed by atoms with Gasteiger partial charge in [0.05, 0.1) is 20.3 Å². The molecule has 4 heteroatoms. The molecule has 2 atom stereocenters. The molecule has 1 aliphatic heterocycles. The number of hydrogen-bond donors (Lipinski definition) is 0. The molecule has 0 N–H and O–H groups in total. The number of halogens is 1. The SMILES string of the molecule is CCCN(Cc1ccc(OC)cc1)[C@@H]1COC[C@H]1c1ccc(F)cc1. The van der Waals surface area contributed by atoms with E-state index in [0.717, 1.165) is 37.4 Å². The third-order valence-corrected chi connectivity index (χ3v) is 4.87. The van der Waals surface area contributed by atoms with Gasteiger partial charge >= 0.3 is 0 Å². The summed E-state index contributed by atoms with van der Waals surface area (Å²) in [7, 11) is 1.68. The molecule has 3 rings (SSSR count). The summed E-state index contributed by atoms with van der Waals surface area (Å²) in [5.74, 6) is 0.965. The Balaban J connectivity index is 1.76. The molecule has 1 heterocycles. The lowest BCUT2D eigenvalue weighted by Crippen LogP contribution is -2.39. The number of hydrogen-bond acceptors (Lipinski definition) is 3. The smallest absolute Gasteiger partial charge is 0.123 e. The Morgan fingerprint density at radius 3 is 2.44 bits per heavy atom. The maximum atomic E-state index is 13.2. The van der Waals surface area contributed by atoms with Gasteiger partial charge < -0.3 is 9.47 Å². The van der Waals surface area contributed by atoms with Gasteiger partial charge in [-0.05, 0) is 48.4 Å². The monoisotopic (exact) mass is 343 g/mol. The Morgan fingerprint density at radius 1 is 1.08 bits per heavy atom. The fourth-order valence-electron chi connectivity index (χ4n) is 3.55. The van der Waals surface area contributed by atoms with Gasteiger partial charge in [0.25, 0.3) is 0 Å². The van der Waals surface area contributed by atoms with E-state index in [2.05, 4.69) is 24.0 Å². The van der Waals surface area contributed by atoms with E-state index in [-0.39, 0.29) is 11.7 Å². The van der Waals surface area contributed by atoms with E-state index < -0.39 is 0 Å². The van der Waals surface area contributed by atoms with Gasteiger partial charge in [-0.15, -0.1) is 0 Å². The van der Waals surface area contributed by atoms with E-state index in [4.69, 9.17) is 9.47 Å². The molecule has 134 valence electrons. The first-order chi connectivity index (χ1) is 12.2. The van der Waals surface area contributed by atoms with Crippen LogP contribution in [-0.2, 0) is 11.3 Å². The van der Waals surface area contributed by atoms with Crippen molar-refractivity contribution in [3.63, 3.8) is 0 Å². The van der Waals surface area contributed by atoms with Crippen LogP contribution in [0.1, 0.15) is 30.4 Å². The largest absolute Gasteiger partial charge is 0.497 e. The van der Waals surface area contributed by atoms with Crippen LogP contribution in [0, 0.1) is 5.82 Å². The van der Waals surface area contributed by atoms with Crippen molar-refractivity contribution in [2.75, 3.05) is 26.9 Å². The molecule has 1 saturated heterocycles. The zero-order chi connectivity index (χ0) is 17.6. The molecule has 2 aromatic carbocycles. The molecule has 0 amide bonds. The standard InChI is InChI=1S/C21H26FNO2/c1-3-12-23(13-16-4-10-19(24-2)11-5-16)21-15-25-14-20(21)17-6-8-18(22)9-7-17/h4-11,20-21H,3,12-15H2,1-2H3/t20-,21+/m0/s1. The zero-order valence-corrected chi connectivity index (χ0v) is 15.0. The molecule has 1 fully saturated rings. The molecule has 2 aromatic rings. The van der Waals surface area contributed by atoms with Crippen molar-refractivity contribution in [2.24, 2.45) is 0 Å². The number of nitrogens with zero attached hydrogens (tertiary/aromatic N) is 1. The van der Waals surface area contributed by atoms with Crippen LogP contribution in [0.3, 0.4) is 0 Å². The Hall–Kier alpha value is -1.91. The minimum Gasteiger partial charge on any atom is -0.497 e. The summed E-state index contributed by atoms with van der Waals surface area (Å²) in [6.45, 7) is 5.50. The first kappa shape index (κ1) is 17.9. The molecule has 25 heavy (non-hydrogen) atoms. The first-order valence-corrected chi connectivity index (χ1v) is 8.91. The number of rotatable bonds is 7. The van der Waals surface area contributed by atoms with Gasteiger partial charge in [-0.25, -0.2) is 4.39 Å². The predicted octanol–water partition coefficient (Wildman–Crippen LogP) is 4.23. The van der Waals surface area contributed by atoms with Gasteiger partial charge in [-0.3, -0.25) is 4.90 Å². The second-order valence-corrected chi connectivity index (χ2v) is 6.58. The van der Waals surface area contributed by atoms with Crippen LogP contribution in [-0.4, -0.2) is 37.8 Å². The van der Waals surface area contributed by atoms with E-state index in [1.807, 2.05) is 24.3 Å². The van der Waals surface area contributed by atoms with E-state index in [9.17, 15) is 4.39 Å². The Labute approximate surface area is 149 Å². The van der Waals surface area contributed by atoms with Crippen LogP contribution in [0.2, 0.25) is 0 Å². The average Bonchev–Trinajstić information content (AvgIpc) is 3.12. The average molecular weight is 343 g/mol. The summed E-state index contributed by atoms with van der Waals surface area (Å²) in [5.41, 5.74) is 2.42. The van der Waals surface area contributed by atoms with E-state index in [0.29, 0.717) is 12.6 Å². The Morgan fingerprint density at radius 2 is 1.80 bits per heavy atom. The number of benzene rings is 2. The fourth-order valence-corrected chi connectivity index (χ4v) is 3.55. The molecule has 0 spiro atoms. The Bertz CT molecular complexity index is 657. The topological polar surface area (TPSA) is 21.7 Å². The number of ether oxygens (including phenoxy) is 2. The molecule has 0 unspecified atom stereocenters. The molecule has 0 aliphatic carbocycles. The summed E-state index contributed by atoms with van der Waals surface area (Å²) in [5, 5.41) is 0. The van der Waals surface area contributed by atoms with Gasteiger partial charge in [-0.2, -0.15) is 0 Å². The summed E-state index contributed by atoms with van der Waals surface area (Å²) in [4.78, 5) is 2.49. The quantitative estimate of drug-likeness (QED) is 0.751. The van der Waals surface area contributed by atoms with Crippen LogP contribution >= 0.6 is 0 Å². The van der Waals surface area contributed by atoms with Crippen LogP contribution < -0.4 is 4.74 Å². The highest BCUT2D eigenvalue weighted by molar-refractivity contribution is 5.28. The van der Waals surface area contributed by atoms with Crippen molar-refractivity contribution in [1.29, 1.82) is 0 Å². The van der Waals surface area contributed by atoms with Crippen molar-refractivity contribution >= 4 is 0 Å². The second kappa shape index (κ2) is 8.45. The number of methoxy groups -OCH3 is 1. The molecule has 0 bridgehead atoms. The maximum Gasteiger partial charge on any atom is 0.123 e. The lowest BCUT2D eigenvalue weighted by atomic mass is 9.92. The summed E-state index contributed by atoms with van der Waals surface area (Å²) >= 11 is 0. The molecular formula is C21H26FNO2. The molecule has 0 saturated carbocycles. The normalized spacial score (nSPS) is 20.2. The molecule has 1 aliphatic rings. The predicted molar refractivity (Wildman–Crippen MR) is 97.4 cm³/mol. The second-order valence-electron chi connectivity index (χ2n) is 6.58. The lowest BCUT2D eigenvalue weighted by Gasteiger charge is -2.32. The van der Waals surface area contributed by atoms with Crippen molar-refractivity contribution in [2.45, 2.75) is 31.8 Å². The molecule has 3 nitrogen and oxygen atoms in total. The molecule has 0 radical (unpaired) electrons. The highest BCUT2D eigenvalue weighted by atomic mass is 19.1. The molecule has 0 aromatic heterocycles. The molecular weight excluding hydrogens is 317 g/mol. The highest BCUT2D eigenvalue weighted by Gasteiger charge is 2.33. The van der Waals surface area contributed by atoms with Crippen molar-refractivity contribution in [3.8, 4) is 5.75 Å². The zero-order valence-electron chi connectivity index (χ0n) is 15.0. The lowest BCUT2D eigenvalue weighted by molar-refractivity contribution is 0.138. The van der Waals surface area contributed by atoms with Gasteiger partial charge in [-0.1, -0.05) is 31.2 Å². The highest BCUT2D eigenvalue weighted by Crippen LogP contribution is 2.31. The van der Waals surface area contributed by atoms with Gasteiger partial charge in [0.1, 0.15) is 11.6 Å². The van der Waals surface area contributed by atoms with Gasteiger partial charge in [0, 0.05) is 18.5 Å². The minimum absolute atomic E-state index is 0.192. The minimum atomic E-state index is -0.192. The van der Waals surface area contributed by atoms with E-state index in [1.54, 1.807) is 19.2 Å². The third kappa shape index (κ3) is 4.39. The third-order valence-electron chi connectivity index (χ3n) is 4.87. The van der Waals surface area contributed by atoms with Crippen molar-refractivity contribution in [1.82, 2.24) is 4.90 Å². The van der Waals surface area contributed by atoms with E-state index in [1.165, 1.54) is 5.56 Å². The first-order valence-electron chi connectivity index (χ1n) is 8.91. The van der Waals surface area contributed by atoms with E-state index >= 15 is 0 Å². The van der Waals surface area contributed by atoms with Crippen LogP contribution in [0.15, 0.2) is 48.5 Å². The maximum absolute atomic E-state index is 13.2. The van der Waals surface area contributed by atoms with Crippen LogP contribution in [0.5, 0.6) is 5.75 Å². The summed E-state index contributed by atoms with van der Waals surface area (Å²) in [6.07, 6.45) is 1.09. The fraction of sp³-hybridized carbons (Fsp3) is 0.429. The summed E-state index contributed by atoms with van der Waals surface area (Å²) in [6, 6.07) is 15.4. The van der Waals surface area contributed by atoms with Gasteiger partial charge in [0.2, 0.25) is 0 Å². The van der Waals surface area contributed by atoms with Crippen molar-refractivity contribution in [3.05, 3.63) is 65.5 Å².